The van der Waals surface area contributed by atoms with Crippen LogP contribution in [0.1, 0.15) is 27.1 Å². The van der Waals surface area contributed by atoms with Gasteiger partial charge in [-0.3, -0.25) is 9.59 Å². The Morgan fingerprint density at radius 1 is 0.846 bits per heavy atom. The Hall–Kier alpha value is -2.89. The van der Waals surface area contributed by atoms with Crippen LogP contribution in [0.25, 0.3) is 0 Å². The second kappa shape index (κ2) is 7.99. The molecule has 26 heavy (non-hydrogen) atoms. The van der Waals surface area contributed by atoms with Crippen LogP contribution in [-0.2, 0) is 0 Å². The predicted octanol–water partition coefficient (Wildman–Crippen LogP) is 2.82. The Balaban J connectivity index is 1.71. The first kappa shape index (κ1) is 17.9. The summed E-state index contributed by atoms with van der Waals surface area (Å²) in [5, 5.41) is 0. The standard InChI is InChI=1S/C20H21FN2O3/c1-26-18-10-5-3-8-16(18)20(25)23-12-6-11-22(13-14-23)19(24)15-7-2-4-9-17(15)21/h2-5,7-10H,6,11-14H2,1H3. The first-order chi connectivity index (χ1) is 12.6. The van der Waals surface area contributed by atoms with Crippen LogP contribution in [0, 0.1) is 5.82 Å². The summed E-state index contributed by atoms with van der Waals surface area (Å²) >= 11 is 0. The molecule has 6 heteroatoms. The summed E-state index contributed by atoms with van der Waals surface area (Å²) in [6.45, 7) is 1.80. The third kappa shape index (κ3) is 3.69. The van der Waals surface area contributed by atoms with Crippen molar-refractivity contribution in [3.05, 3.63) is 65.5 Å². The summed E-state index contributed by atoms with van der Waals surface area (Å²) in [5.41, 5.74) is 0.570. The maximum atomic E-state index is 13.9. The van der Waals surface area contributed by atoms with Crippen molar-refractivity contribution < 1.29 is 18.7 Å². The van der Waals surface area contributed by atoms with E-state index in [0.29, 0.717) is 43.9 Å². The van der Waals surface area contributed by atoms with Crippen molar-refractivity contribution in [2.75, 3.05) is 33.3 Å². The lowest BCUT2D eigenvalue weighted by Crippen LogP contribution is -2.37. The SMILES string of the molecule is COc1ccccc1C(=O)N1CCCN(C(=O)c2ccccc2F)CC1. The van der Waals surface area contributed by atoms with Crippen molar-refractivity contribution in [3.8, 4) is 5.75 Å². The van der Waals surface area contributed by atoms with Crippen LogP contribution in [0.15, 0.2) is 48.5 Å². The van der Waals surface area contributed by atoms with E-state index in [9.17, 15) is 14.0 Å². The highest BCUT2D eigenvalue weighted by Crippen LogP contribution is 2.20. The zero-order valence-electron chi connectivity index (χ0n) is 14.7. The van der Waals surface area contributed by atoms with Gasteiger partial charge >= 0.3 is 0 Å². The summed E-state index contributed by atoms with van der Waals surface area (Å²) in [6, 6.07) is 13.1. The van der Waals surface area contributed by atoms with Gasteiger partial charge in [-0.05, 0) is 30.7 Å². The first-order valence-corrected chi connectivity index (χ1v) is 8.58. The molecule has 2 aromatic carbocycles. The molecule has 0 unspecified atom stereocenters. The lowest BCUT2D eigenvalue weighted by atomic mass is 10.1. The minimum absolute atomic E-state index is 0.0667. The molecule has 0 aromatic heterocycles. The van der Waals surface area contributed by atoms with Crippen LogP contribution in [0.3, 0.4) is 0 Å². The van der Waals surface area contributed by atoms with Gasteiger partial charge in [0.2, 0.25) is 0 Å². The Kier molecular flexibility index (Phi) is 5.51. The fourth-order valence-electron chi connectivity index (χ4n) is 3.12. The van der Waals surface area contributed by atoms with E-state index in [2.05, 4.69) is 0 Å². The molecule has 0 radical (unpaired) electrons. The zero-order valence-corrected chi connectivity index (χ0v) is 14.7. The zero-order chi connectivity index (χ0) is 18.5. The topological polar surface area (TPSA) is 49.9 Å². The minimum atomic E-state index is -0.524. The third-order valence-corrected chi connectivity index (χ3v) is 4.51. The average molecular weight is 356 g/mol. The van der Waals surface area contributed by atoms with Crippen molar-refractivity contribution >= 4 is 11.8 Å². The summed E-state index contributed by atoms with van der Waals surface area (Å²) in [5.74, 6) is -0.456. The molecular weight excluding hydrogens is 335 g/mol. The van der Waals surface area contributed by atoms with E-state index < -0.39 is 5.82 Å². The molecule has 2 aromatic rings. The van der Waals surface area contributed by atoms with Crippen molar-refractivity contribution in [1.29, 1.82) is 0 Å². The number of rotatable bonds is 3. The molecule has 0 aliphatic carbocycles. The molecule has 136 valence electrons. The molecule has 1 aliphatic heterocycles. The molecule has 1 fully saturated rings. The molecular formula is C20H21FN2O3. The van der Waals surface area contributed by atoms with Crippen molar-refractivity contribution in [1.82, 2.24) is 9.80 Å². The number of hydrogen-bond acceptors (Lipinski definition) is 3. The van der Waals surface area contributed by atoms with E-state index in [0.717, 1.165) is 0 Å². The molecule has 1 aliphatic rings. The van der Waals surface area contributed by atoms with Gasteiger partial charge < -0.3 is 14.5 Å². The predicted molar refractivity (Wildman–Crippen MR) is 95.8 cm³/mol. The van der Waals surface area contributed by atoms with E-state index in [1.807, 2.05) is 6.07 Å². The maximum Gasteiger partial charge on any atom is 0.257 e. The highest BCUT2D eigenvalue weighted by atomic mass is 19.1. The number of carbonyl (C=O) groups is 2. The van der Waals surface area contributed by atoms with Gasteiger partial charge in [-0.15, -0.1) is 0 Å². The molecule has 0 bridgehead atoms. The lowest BCUT2D eigenvalue weighted by molar-refractivity contribution is 0.0714. The Morgan fingerprint density at radius 2 is 1.38 bits per heavy atom. The number of halogens is 1. The Bertz CT molecular complexity index is 809. The number of hydrogen-bond donors (Lipinski definition) is 0. The van der Waals surface area contributed by atoms with E-state index in [1.165, 1.54) is 19.2 Å². The van der Waals surface area contributed by atoms with Gasteiger partial charge in [-0.25, -0.2) is 4.39 Å². The largest absolute Gasteiger partial charge is 0.496 e. The summed E-state index contributed by atoms with van der Waals surface area (Å²) in [7, 11) is 1.53. The number of methoxy groups -OCH3 is 1. The smallest absolute Gasteiger partial charge is 0.257 e. The number of amides is 2. The monoisotopic (exact) mass is 356 g/mol. The second-order valence-corrected chi connectivity index (χ2v) is 6.12. The summed E-state index contributed by atoms with van der Waals surface area (Å²) in [6.07, 6.45) is 0.640. The maximum absolute atomic E-state index is 13.9. The van der Waals surface area contributed by atoms with E-state index in [4.69, 9.17) is 4.74 Å². The Labute approximate surface area is 152 Å². The molecule has 1 saturated heterocycles. The van der Waals surface area contributed by atoms with Gasteiger partial charge in [-0.2, -0.15) is 0 Å². The lowest BCUT2D eigenvalue weighted by Gasteiger charge is -2.23. The number of para-hydroxylation sites is 1. The van der Waals surface area contributed by atoms with Crippen LogP contribution in [-0.4, -0.2) is 54.9 Å². The van der Waals surface area contributed by atoms with E-state index >= 15 is 0 Å². The van der Waals surface area contributed by atoms with Crippen LogP contribution < -0.4 is 4.74 Å². The van der Waals surface area contributed by atoms with Crippen LogP contribution >= 0.6 is 0 Å². The van der Waals surface area contributed by atoms with Crippen molar-refractivity contribution in [3.63, 3.8) is 0 Å². The van der Waals surface area contributed by atoms with E-state index in [1.54, 1.807) is 40.1 Å². The molecule has 0 atom stereocenters. The molecule has 1 heterocycles. The number of nitrogens with zero attached hydrogens (tertiary/aromatic N) is 2. The van der Waals surface area contributed by atoms with Gasteiger partial charge in [0.25, 0.3) is 11.8 Å². The van der Waals surface area contributed by atoms with Gasteiger partial charge in [0.15, 0.2) is 0 Å². The minimum Gasteiger partial charge on any atom is -0.496 e. The van der Waals surface area contributed by atoms with Gasteiger partial charge in [0.1, 0.15) is 11.6 Å². The molecule has 0 N–H and O–H groups in total. The van der Waals surface area contributed by atoms with Crippen LogP contribution in [0.2, 0.25) is 0 Å². The van der Waals surface area contributed by atoms with E-state index in [-0.39, 0.29) is 17.4 Å². The molecule has 2 amide bonds. The molecule has 0 spiro atoms. The van der Waals surface area contributed by atoms with Crippen LogP contribution in [0.4, 0.5) is 4.39 Å². The molecule has 3 rings (SSSR count). The van der Waals surface area contributed by atoms with Gasteiger partial charge in [-0.1, -0.05) is 24.3 Å². The van der Waals surface area contributed by atoms with Crippen molar-refractivity contribution in [2.45, 2.75) is 6.42 Å². The Morgan fingerprint density at radius 3 is 2.00 bits per heavy atom. The number of carbonyl (C=O) groups excluding carboxylic acids is 2. The third-order valence-electron chi connectivity index (χ3n) is 4.51. The van der Waals surface area contributed by atoms with Gasteiger partial charge in [0.05, 0.1) is 18.2 Å². The van der Waals surface area contributed by atoms with Gasteiger partial charge in [0, 0.05) is 26.2 Å². The molecule has 0 saturated carbocycles. The quantitative estimate of drug-likeness (QED) is 0.850. The van der Waals surface area contributed by atoms with Crippen LogP contribution in [0.5, 0.6) is 5.75 Å². The average Bonchev–Trinajstić information content (AvgIpc) is 2.93. The van der Waals surface area contributed by atoms with Crippen molar-refractivity contribution in [2.24, 2.45) is 0 Å². The fourth-order valence-corrected chi connectivity index (χ4v) is 3.12. The highest BCUT2D eigenvalue weighted by Gasteiger charge is 2.25. The normalized spacial score (nSPS) is 14.7. The first-order valence-electron chi connectivity index (χ1n) is 8.58. The highest BCUT2D eigenvalue weighted by molar-refractivity contribution is 5.97. The number of ether oxygens (including phenoxy) is 1. The fraction of sp³-hybridized carbons (Fsp3) is 0.300. The number of benzene rings is 2. The summed E-state index contributed by atoms with van der Waals surface area (Å²) in [4.78, 5) is 28.7. The summed E-state index contributed by atoms with van der Waals surface area (Å²) < 4.78 is 19.1. The second-order valence-electron chi connectivity index (χ2n) is 6.12. The molecule has 5 nitrogen and oxygen atoms in total.